The number of likely N-dealkylation sites (N-methyl/N-ethyl adjacent to an activating group) is 1. The second kappa shape index (κ2) is 9.67. The Balaban J connectivity index is 1.23. The Labute approximate surface area is 199 Å². The van der Waals surface area contributed by atoms with Gasteiger partial charge in [0.25, 0.3) is 5.91 Å². The zero-order valence-electron chi connectivity index (χ0n) is 19.3. The van der Waals surface area contributed by atoms with E-state index < -0.39 is 0 Å². The molecule has 0 radical (unpaired) electrons. The van der Waals surface area contributed by atoms with E-state index in [0.29, 0.717) is 18.2 Å². The minimum atomic E-state index is -0.00316. The van der Waals surface area contributed by atoms with Gasteiger partial charge in [-0.25, -0.2) is 4.98 Å². The molecule has 2 aromatic heterocycles. The molecule has 5 rings (SSSR count). The minimum Gasteiger partial charge on any atom is -0.352 e. The number of thiazole rings is 1. The molecule has 1 unspecified atom stereocenters. The molecule has 0 aliphatic carbocycles. The number of benzene rings is 2. The summed E-state index contributed by atoms with van der Waals surface area (Å²) in [6, 6.07) is 15.0. The zero-order valence-corrected chi connectivity index (χ0v) is 20.1. The number of hydrogen-bond acceptors (Lipinski definition) is 5. The molecule has 170 valence electrons. The molecule has 1 amide bonds. The summed E-state index contributed by atoms with van der Waals surface area (Å²) in [6.45, 7) is 4.88. The van der Waals surface area contributed by atoms with Crippen LogP contribution >= 0.6 is 11.3 Å². The van der Waals surface area contributed by atoms with Crippen LogP contribution in [0.2, 0.25) is 6.32 Å². The Morgan fingerprint density at radius 2 is 2.18 bits per heavy atom. The van der Waals surface area contributed by atoms with Crippen LogP contribution in [0.25, 0.3) is 26.4 Å². The standard InChI is InChI=1S/C25H30BN5OS/c1-17-5-3-6-18(11-17)21-15-31-22-8-7-19(12-23(22)33-25(31)29-21)24(32)28-9-4-10-30-16-26-13-20(30)14-27-2/h3,5-8,11-12,15,20,26-27H,4,9-10,13-14,16H2,1-2H3,(H,28,32). The number of fused-ring (bicyclic) bond motifs is 3. The van der Waals surface area contributed by atoms with E-state index in [9.17, 15) is 4.79 Å². The van der Waals surface area contributed by atoms with E-state index in [1.165, 1.54) is 25.6 Å². The topological polar surface area (TPSA) is 61.7 Å². The lowest BCUT2D eigenvalue weighted by Gasteiger charge is -2.24. The minimum absolute atomic E-state index is 0.00316. The van der Waals surface area contributed by atoms with Gasteiger partial charge < -0.3 is 15.5 Å². The van der Waals surface area contributed by atoms with Crippen molar-refractivity contribution in [1.82, 2.24) is 24.9 Å². The highest BCUT2D eigenvalue weighted by Gasteiger charge is 2.23. The SMILES string of the molecule is CNCC1CBCN1CCCNC(=O)c1ccc2c(c1)sc1nc(-c3cccc(C)c3)cn12. The summed E-state index contributed by atoms with van der Waals surface area (Å²) in [5.41, 5.74) is 5.12. The van der Waals surface area contributed by atoms with Gasteiger partial charge in [-0.2, -0.15) is 0 Å². The highest BCUT2D eigenvalue weighted by atomic mass is 32.1. The number of nitrogens with zero attached hydrogens (tertiary/aromatic N) is 3. The predicted octanol–water partition coefficient (Wildman–Crippen LogP) is 3.36. The Kier molecular flexibility index (Phi) is 6.49. The van der Waals surface area contributed by atoms with E-state index in [1.807, 2.05) is 25.2 Å². The zero-order chi connectivity index (χ0) is 22.8. The van der Waals surface area contributed by atoms with Crippen molar-refractivity contribution in [3.05, 3.63) is 59.8 Å². The highest BCUT2D eigenvalue weighted by Crippen LogP contribution is 2.30. The van der Waals surface area contributed by atoms with Crippen LogP contribution < -0.4 is 10.6 Å². The highest BCUT2D eigenvalue weighted by molar-refractivity contribution is 7.23. The quantitative estimate of drug-likeness (QED) is 0.313. The van der Waals surface area contributed by atoms with E-state index >= 15 is 0 Å². The molecule has 1 aliphatic rings. The van der Waals surface area contributed by atoms with Gasteiger partial charge in [0.1, 0.15) is 7.28 Å². The van der Waals surface area contributed by atoms with E-state index in [0.717, 1.165) is 45.9 Å². The van der Waals surface area contributed by atoms with Crippen LogP contribution in [-0.2, 0) is 0 Å². The summed E-state index contributed by atoms with van der Waals surface area (Å²) in [5, 5.41) is 6.39. The number of nitrogens with one attached hydrogen (secondary N) is 2. The molecule has 2 N–H and O–H groups in total. The molecule has 33 heavy (non-hydrogen) atoms. The van der Waals surface area contributed by atoms with Crippen LogP contribution in [0, 0.1) is 6.92 Å². The molecule has 1 aliphatic heterocycles. The Bertz CT molecular complexity index is 1280. The van der Waals surface area contributed by atoms with E-state index in [1.54, 1.807) is 11.3 Å². The lowest BCUT2D eigenvalue weighted by molar-refractivity contribution is 0.0951. The number of amides is 1. The van der Waals surface area contributed by atoms with Gasteiger partial charge in [0, 0.05) is 36.5 Å². The molecule has 6 nitrogen and oxygen atoms in total. The van der Waals surface area contributed by atoms with Gasteiger partial charge in [-0.15, -0.1) is 0 Å². The van der Waals surface area contributed by atoms with Gasteiger partial charge in [0.05, 0.1) is 15.9 Å². The first-order chi connectivity index (χ1) is 16.1. The van der Waals surface area contributed by atoms with Gasteiger partial charge in [0.15, 0.2) is 4.96 Å². The van der Waals surface area contributed by atoms with Crippen LogP contribution in [0.5, 0.6) is 0 Å². The van der Waals surface area contributed by atoms with E-state index in [4.69, 9.17) is 4.98 Å². The number of aryl methyl sites for hydroxylation is 1. The van der Waals surface area contributed by atoms with Crippen LogP contribution in [-0.4, -0.2) is 66.6 Å². The molecule has 0 spiro atoms. The molecular formula is C25H30BN5OS. The molecule has 0 saturated carbocycles. The number of carbonyl (C=O) groups is 1. The summed E-state index contributed by atoms with van der Waals surface area (Å²) >= 11 is 1.62. The van der Waals surface area contributed by atoms with E-state index in [2.05, 4.69) is 57.3 Å². The number of aromatic nitrogens is 2. The molecule has 3 heterocycles. The lowest BCUT2D eigenvalue weighted by Crippen LogP contribution is -2.38. The first-order valence-corrected chi connectivity index (χ1v) is 12.6. The summed E-state index contributed by atoms with van der Waals surface area (Å²) in [5.74, 6) is -0.00316. The van der Waals surface area contributed by atoms with Crippen LogP contribution in [0.3, 0.4) is 0 Å². The van der Waals surface area contributed by atoms with Gasteiger partial charge in [-0.1, -0.05) is 41.4 Å². The number of carbonyl (C=O) groups excluding carboxylic acids is 1. The molecule has 4 aromatic rings. The van der Waals surface area contributed by atoms with Crippen LogP contribution in [0.4, 0.5) is 0 Å². The maximum absolute atomic E-state index is 12.7. The van der Waals surface area contributed by atoms with Crippen molar-refractivity contribution in [2.45, 2.75) is 25.7 Å². The van der Waals surface area contributed by atoms with Crippen LogP contribution in [0.15, 0.2) is 48.7 Å². The summed E-state index contributed by atoms with van der Waals surface area (Å²) in [6.07, 6.45) is 5.50. The fraction of sp³-hybridized carbons (Fsp3) is 0.360. The third-order valence-electron chi connectivity index (χ3n) is 6.52. The van der Waals surface area contributed by atoms with Crippen molar-refractivity contribution in [1.29, 1.82) is 0 Å². The van der Waals surface area contributed by atoms with Crippen LogP contribution in [0.1, 0.15) is 22.3 Å². The smallest absolute Gasteiger partial charge is 0.251 e. The molecule has 2 aromatic carbocycles. The molecule has 8 heteroatoms. The number of hydrogen-bond donors (Lipinski definition) is 2. The molecule has 1 fully saturated rings. The largest absolute Gasteiger partial charge is 0.352 e. The van der Waals surface area contributed by atoms with Gasteiger partial charge >= 0.3 is 0 Å². The molecular weight excluding hydrogens is 429 g/mol. The normalized spacial score (nSPS) is 16.5. The maximum Gasteiger partial charge on any atom is 0.251 e. The monoisotopic (exact) mass is 459 g/mol. The van der Waals surface area contributed by atoms with Gasteiger partial charge in [-0.3, -0.25) is 9.20 Å². The third-order valence-corrected chi connectivity index (χ3v) is 7.53. The third kappa shape index (κ3) is 4.69. The molecule has 0 bridgehead atoms. The van der Waals surface area contributed by atoms with Crippen molar-refractivity contribution >= 4 is 39.7 Å². The second-order valence-electron chi connectivity index (χ2n) is 8.93. The fourth-order valence-corrected chi connectivity index (χ4v) is 5.88. The Hall–Kier alpha value is -2.68. The second-order valence-corrected chi connectivity index (χ2v) is 9.94. The van der Waals surface area contributed by atoms with E-state index in [-0.39, 0.29) is 5.91 Å². The summed E-state index contributed by atoms with van der Waals surface area (Å²) in [7, 11) is 3.29. The first-order valence-electron chi connectivity index (χ1n) is 11.8. The van der Waals surface area contributed by atoms with Crippen molar-refractivity contribution in [2.24, 2.45) is 0 Å². The Morgan fingerprint density at radius 1 is 1.27 bits per heavy atom. The summed E-state index contributed by atoms with van der Waals surface area (Å²) in [4.78, 5) is 21.0. The number of imidazole rings is 1. The first kappa shape index (κ1) is 22.1. The van der Waals surface area contributed by atoms with Gasteiger partial charge in [0.2, 0.25) is 0 Å². The molecule has 1 saturated heterocycles. The molecule has 1 atom stereocenters. The predicted molar refractivity (Wildman–Crippen MR) is 139 cm³/mol. The lowest BCUT2D eigenvalue weighted by atomic mass is 9.77. The van der Waals surface area contributed by atoms with Crippen molar-refractivity contribution in [3.8, 4) is 11.3 Å². The number of rotatable bonds is 8. The van der Waals surface area contributed by atoms with Gasteiger partial charge in [-0.05, 0) is 57.6 Å². The van der Waals surface area contributed by atoms with Crippen molar-refractivity contribution in [2.75, 3.05) is 33.1 Å². The average molecular weight is 459 g/mol. The Morgan fingerprint density at radius 3 is 3.03 bits per heavy atom. The maximum atomic E-state index is 12.7. The fourth-order valence-electron chi connectivity index (χ4n) is 4.83. The summed E-state index contributed by atoms with van der Waals surface area (Å²) < 4.78 is 3.20. The van der Waals surface area contributed by atoms with Crippen molar-refractivity contribution < 1.29 is 4.79 Å². The van der Waals surface area contributed by atoms with Crippen molar-refractivity contribution in [3.63, 3.8) is 0 Å². The average Bonchev–Trinajstić information content (AvgIpc) is 3.51.